The van der Waals surface area contributed by atoms with E-state index >= 15 is 0 Å². The smallest absolute Gasteiger partial charge is 0.220 e. The molecular formula is C21H26N2O. The molecule has 1 saturated heterocycles. The predicted octanol–water partition coefficient (Wildman–Crippen LogP) is 3.27. The second-order valence-electron chi connectivity index (χ2n) is 6.61. The lowest BCUT2D eigenvalue weighted by molar-refractivity contribution is -0.122. The standard InChI is InChI=1S/C21H26N2O/c24-21(23-20-12-7-13-22-16-20)15-19(18-10-5-2-6-11-18)14-17-8-3-1-4-9-17/h1-6,8-11,19-20,22H,7,12-16H2,(H,23,24). The quantitative estimate of drug-likeness (QED) is 0.857. The van der Waals surface area contributed by atoms with Crippen LogP contribution in [0.15, 0.2) is 60.7 Å². The van der Waals surface area contributed by atoms with Crippen LogP contribution < -0.4 is 10.6 Å². The van der Waals surface area contributed by atoms with E-state index in [1.807, 2.05) is 12.1 Å². The summed E-state index contributed by atoms with van der Waals surface area (Å²) in [5.41, 5.74) is 2.51. The van der Waals surface area contributed by atoms with E-state index in [1.165, 1.54) is 11.1 Å². The molecule has 1 heterocycles. The van der Waals surface area contributed by atoms with Crippen molar-refractivity contribution in [3.8, 4) is 0 Å². The first-order valence-electron chi connectivity index (χ1n) is 8.90. The minimum absolute atomic E-state index is 0.161. The van der Waals surface area contributed by atoms with Crippen LogP contribution in [0.1, 0.15) is 36.3 Å². The Bertz CT molecular complexity index is 621. The van der Waals surface area contributed by atoms with Gasteiger partial charge in [-0.2, -0.15) is 0 Å². The third-order valence-corrected chi connectivity index (χ3v) is 4.69. The zero-order valence-electron chi connectivity index (χ0n) is 14.1. The number of benzene rings is 2. The average Bonchev–Trinajstić information content (AvgIpc) is 2.63. The summed E-state index contributed by atoms with van der Waals surface area (Å²) in [4.78, 5) is 12.5. The third-order valence-electron chi connectivity index (χ3n) is 4.69. The highest BCUT2D eigenvalue weighted by molar-refractivity contribution is 5.77. The topological polar surface area (TPSA) is 41.1 Å². The van der Waals surface area contributed by atoms with Gasteiger partial charge in [0, 0.05) is 19.0 Å². The van der Waals surface area contributed by atoms with Crippen molar-refractivity contribution in [2.75, 3.05) is 13.1 Å². The highest BCUT2D eigenvalue weighted by atomic mass is 16.1. The van der Waals surface area contributed by atoms with Gasteiger partial charge in [0.15, 0.2) is 0 Å². The highest BCUT2D eigenvalue weighted by Gasteiger charge is 2.20. The summed E-state index contributed by atoms with van der Waals surface area (Å²) >= 11 is 0. The molecule has 0 spiro atoms. The van der Waals surface area contributed by atoms with Crippen molar-refractivity contribution in [1.29, 1.82) is 0 Å². The molecule has 0 radical (unpaired) electrons. The number of carbonyl (C=O) groups excluding carboxylic acids is 1. The van der Waals surface area contributed by atoms with Gasteiger partial charge in [-0.25, -0.2) is 0 Å². The van der Waals surface area contributed by atoms with Gasteiger partial charge in [-0.05, 0) is 42.9 Å². The summed E-state index contributed by atoms with van der Waals surface area (Å²) in [6.45, 7) is 1.95. The van der Waals surface area contributed by atoms with Crippen LogP contribution in [0.5, 0.6) is 0 Å². The van der Waals surface area contributed by atoms with Crippen LogP contribution in [0.3, 0.4) is 0 Å². The van der Waals surface area contributed by atoms with Gasteiger partial charge in [-0.15, -0.1) is 0 Å². The summed E-state index contributed by atoms with van der Waals surface area (Å²) in [6.07, 6.45) is 3.64. The largest absolute Gasteiger partial charge is 0.352 e. The Morgan fingerprint density at radius 3 is 2.46 bits per heavy atom. The Morgan fingerprint density at radius 2 is 1.79 bits per heavy atom. The third kappa shape index (κ3) is 4.93. The molecule has 1 amide bonds. The minimum Gasteiger partial charge on any atom is -0.352 e. The molecule has 3 rings (SSSR count). The van der Waals surface area contributed by atoms with Crippen molar-refractivity contribution < 1.29 is 4.79 Å². The molecule has 2 aromatic rings. The van der Waals surface area contributed by atoms with Gasteiger partial charge in [0.2, 0.25) is 5.91 Å². The summed E-state index contributed by atoms with van der Waals surface area (Å²) in [6, 6.07) is 21.1. The molecule has 126 valence electrons. The minimum atomic E-state index is 0.161. The predicted molar refractivity (Wildman–Crippen MR) is 98.0 cm³/mol. The first kappa shape index (κ1) is 16.7. The van der Waals surface area contributed by atoms with Crippen LogP contribution in [-0.2, 0) is 11.2 Å². The van der Waals surface area contributed by atoms with Crippen molar-refractivity contribution in [3.05, 3.63) is 71.8 Å². The lowest BCUT2D eigenvalue weighted by Gasteiger charge is -2.25. The molecule has 2 unspecified atom stereocenters. The van der Waals surface area contributed by atoms with E-state index in [0.29, 0.717) is 6.42 Å². The van der Waals surface area contributed by atoms with Crippen LogP contribution >= 0.6 is 0 Å². The fraction of sp³-hybridized carbons (Fsp3) is 0.381. The van der Waals surface area contributed by atoms with Crippen molar-refractivity contribution in [3.63, 3.8) is 0 Å². The molecule has 0 bridgehead atoms. The average molecular weight is 322 g/mol. The molecule has 0 saturated carbocycles. The maximum atomic E-state index is 12.5. The number of hydrogen-bond donors (Lipinski definition) is 2. The fourth-order valence-electron chi connectivity index (χ4n) is 3.42. The SMILES string of the molecule is O=C(CC(Cc1ccccc1)c1ccccc1)NC1CCCNC1. The van der Waals surface area contributed by atoms with Gasteiger partial charge in [0.25, 0.3) is 0 Å². The molecule has 2 aromatic carbocycles. The number of amides is 1. The summed E-state index contributed by atoms with van der Waals surface area (Å²) < 4.78 is 0. The fourth-order valence-corrected chi connectivity index (χ4v) is 3.42. The molecule has 1 fully saturated rings. The first-order valence-corrected chi connectivity index (χ1v) is 8.90. The maximum Gasteiger partial charge on any atom is 0.220 e. The Hall–Kier alpha value is -2.13. The monoisotopic (exact) mass is 322 g/mol. The van der Waals surface area contributed by atoms with Gasteiger partial charge < -0.3 is 10.6 Å². The lowest BCUT2D eigenvalue weighted by atomic mass is 9.89. The number of hydrogen-bond acceptors (Lipinski definition) is 2. The van der Waals surface area contributed by atoms with Crippen molar-refractivity contribution >= 4 is 5.91 Å². The van der Waals surface area contributed by atoms with Crippen molar-refractivity contribution in [2.45, 2.75) is 37.6 Å². The first-order chi connectivity index (χ1) is 11.8. The van der Waals surface area contributed by atoms with E-state index in [4.69, 9.17) is 0 Å². The van der Waals surface area contributed by atoms with Gasteiger partial charge >= 0.3 is 0 Å². The maximum absolute atomic E-state index is 12.5. The van der Waals surface area contributed by atoms with Crippen LogP contribution in [0.25, 0.3) is 0 Å². The molecule has 1 aliphatic rings. The van der Waals surface area contributed by atoms with Crippen LogP contribution in [0.2, 0.25) is 0 Å². The summed E-state index contributed by atoms with van der Waals surface area (Å²) in [5.74, 6) is 0.374. The van der Waals surface area contributed by atoms with Gasteiger partial charge in [-0.3, -0.25) is 4.79 Å². The van der Waals surface area contributed by atoms with Crippen molar-refractivity contribution in [1.82, 2.24) is 10.6 Å². The highest BCUT2D eigenvalue weighted by Crippen LogP contribution is 2.24. The Balaban J connectivity index is 1.66. The van der Waals surface area contributed by atoms with Gasteiger partial charge in [0.05, 0.1) is 0 Å². The second-order valence-corrected chi connectivity index (χ2v) is 6.61. The van der Waals surface area contributed by atoms with Crippen LogP contribution in [0.4, 0.5) is 0 Å². The van der Waals surface area contributed by atoms with Gasteiger partial charge in [0.1, 0.15) is 0 Å². The number of rotatable bonds is 6. The molecule has 24 heavy (non-hydrogen) atoms. The lowest BCUT2D eigenvalue weighted by Crippen LogP contribution is -2.45. The molecule has 0 aromatic heterocycles. The molecule has 3 nitrogen and oxygen atoms in total. The zero-order valence-corrected chi connectivity index (χ0v) is 14.1. The van der Waals surface area contributed by atoms with Crippen LogP contribution in [0, 0.1) is 0 Å². The number of nitrogens with one attached hydrogen (secondary N) is 2. The van der Waals surface area contributed by atoms with Gasteiger partial charge in [-0.1, -0.05) is 60.7 Å². The molecular weight excluding hydrogens is 296 g/mol. The van der Waals surface area contributed by atoms with E-state index in [9.17, 15) is 4.79 Å². The van der Waals surface area contributed by atoms with E-state index in [-0.39, 0.29) is 17.9 Å². The molecule has 0 aliphatic carbocycles. The molecule has 3 heteroatoms. The Morgan fingerprint density at radius 1 is 1.08 bits per heavy atom. The van der Waals surface area contributed by atoms with E-state index < -0.39 is 0 Å². The summed E-state index contributed by atoms with van der Waals surface area (Å²) in [5, 5.41) is 6.55. The Kier molecular flexibility index (Phi) is 6.02. The summed E-state index contributed by atoms with van der Waals surface area (Å²) in [7, 11) is 0. The zero-order chi connectivity index (χ0) is 16.6. The van der Waals surface area contributed by atoms with E-state index in [1.54, 1.807) is 0 Å². The molecule has 2 atom stereocenters. The second kappa shape index (κ2) is 8.65. The van der Waals surface area contributed by atoms with Crippen LogP contribution in [-0.4, -0.2) is 25.0 Å². The van der Waals surface area contributed by atoms with E-state index in [0.717, 1.165) is 32.4 Å². The number of carbonyl (C=O) groups is 1. The van der Waals surface area contributed by atoms with E-state index in [2.05, 4.69) is 59.2 Å². The normalized spacial score (nSPS) is 18.8. The number of piperidine rings is 1. The molecule has 2 N–H and O–H groups in total. The Labute approximate surface area is 144 Å². The van der Waals surface area contributed by atoms with Crippen molar-refractivity contribution in [2.24, 2.45) is 0 Å². The molecule has 1 aliphatic heterocycles.